The van der Waals surface area contributed by atoms with E-state index in [1.807, 2.05) is 12.1 Å². The van der Waals surface area contributed by atoms with Gasteiger partial charge in [-0.05, 0) is 68.4 Å². The number of aromatic amines is 1. The third-order valence-electron chi connectivity index (χ3n) is 5.73. The second-order valence-electron chi connectivity index (χ2n) is 7.82. The summed E-state index contributed by atoms with van der Waals surface area (Å²) in [6.45, 7) is 2.40. The number of hydrogen-bond donors (Lipinski definition) is 2. The first-order chi connectivity index (χ1) is 15.0. The summed E-state index contributed by atoms with van der Waals surface area (Å²) in [7, 11) is -1.12. The summed E-state index contributed by atoms with van der Waals surface area (Å²) in [6.07, 6.45) is 3.56. The molecule has 0 saturated carbocycles. The maximum Gasteiger partial charge on any atom is 0.417 e. The van der Waals surface area contributed by atoms with E-state index < -0.39 is 16.6 Å². The summed E-state index contributed by atoms with van der Waals surface area (Å²) in [4.78, 5) is 22.7. The normalized spacial score (nSPS) is 21.2. The molecule has 3 aromatic rings. The molecule has 2 atom stereocenters. The molecule has 31 heavy (non-hydrogen) atoms. The molecule has 3 heterocycles. The Morgan fingerprint density at radius 2 is 1.90 bits per heavy atom. The number of aromatic nitrogens is 1. The molecule has 0 bridgehead atoms. The maximum atomic E-state index is 13.1. The van der Waals surface area contributed by atoms with Gasteiger partial charge in [0.25, 0.3) is 0 Å². The molecule has 0 amide bonds. The number of oxazole rings is 1. The number of nitrogens with one attached hydrogen (secondary N) is 2. The van der Waals surface area contributed by atoms with Gasteiger partial charge in [0.1, 0.15) is 11.9 Å². The Balaban J connectivity index is 1.18. The van der Waals surface area contributed by atoms with Crippen molar-refractivity contribution in [1.29, 1.82) is 0 Å². The largest absolute Gasteiger partial charge is 0.417 e. The van der Waals surface area contributed by atoms with E-state index in [-0.39, 0.29) is 17.2 Å². The summed E-state index contributed by atoms with van der Waals surface area (Å²) >= 11 is 0. The molecule has 1 aromatic heterocycles. The lowest BCUT2D eigenvalue weighted by Gasteiger charge is -2.32. The number of likely N-dealkylation sites (tertiary alicyclic amines) is 1. The van der Waals surface area contributed by atoms with Crippen molar-refractivity contribution in [3.05, 3.63) is 70.5 Å². The van der Waals surface area contributed by atoms with E-state index in [1.165, 1.54) is 12.1 Å². The monoisotopic (exact) mass is 443 g/mol. The highest BCUT2D eigenvalue weighted by Crippen LogP contribution is 2.25. The van der Waals surface area contributed by atoms with Crippen LogP contribution in [0.1, 0.15) is 18.4 Å². The van der Waals surface area contributed by atoms with Gasteiger partial charge in [-0.15, -0.1) is 0 Å². The summed E-state index contributed by atoms with van der Waals surface area (Å²) in [5.41, 5.74) is 5.84. The highest BCUT2D eigenvalue weighted by atomic mass is 32.2. The van der Waals surface area contributed by atoms with Crippen LogP contribution in [0.5, 0.6) is 0 Å². The van der Waals surface area contributed by atoms with Gasteiger partial charge in [-0.25, -0.2) is 9.18 Å². The van der Waals surface area contributed by atoms with Crippen molar-refractivity contribution in [3.8, 4) is 0 Å². The molecule has 7 nitrogen and oxygen atoms in total. The fourth-order valence-corrected chi connectivity index (χ4v) is 5.50. The molecule has 0 radical (unpaired) electrons. The highest BCUT2D eigenvalue weighted by molar-refractivity contribution is 7.85. The van der Waals surface area contributed by atoms with E-state index in [9.17, 15) is 13.4 Å². The van der Waals surface area contributed by atoms with Gasteiger partial charge in [0.15, 0.2) is 5.58 Å². The van der Waals surface area contributed by atoms with Crippen molar-refractivity contribution in [2.45, 2.75) is 29.1 Å². The zero-order valence-corrected chi connectivity index (χ0v) is 17.5. The minimum Gasteiger partial charge on any atom is -0.408 e. The first-order valence-electron chi connectivity index (χ1n) is 10.2. The van der Waals surface area contributed by atoms with Gasteiger partial charge in [0.2, 0.25) is 0 Å². The number of hydroxylamine groups is 1. The number of benzene rings is 2. The molecule has 5 rings (SSSR count). The van der Waals surface area contributed by atoms with Crippen LogP contribution in [0.2, 0.25) is 0 Å². The molecule has 2 aliphatic rings. The second kappa shape index (κ2) is 8.41. The molecule has 0 aliphatic carbocycles. The van der Waals surface area contributed by atoms with E-state index >= 15 is 0 Å². The van der Waals surface area contributed by atoms with Crippen LogP contribution in [0.15, 0.2) is 62.6 Å². The van der Waals surface area contributed by atoms with Crippen molar-refractivity contribution >= 4 is 27.6 Å². The van der Waals surface area contributed by atoms with Crippen molar-refractivity contribution in [2.75, 3.05) is 19.6 Å². The average Bonchev–Trinajstić information content (AvgIpc) is 3.39. The Labute approximate surface area is 180 Å². The average molecular weight is 444 g/mol. The first kappa shape index (κ1) is 20.2. The molecule has 1 saturated heterocycles. The minimum atomic E-state index is -1.12. The van der Waals surface area contributed by atoms with Gasteiger partial charge >= 0.3 is 5.76 Å². The zero-order valence-electron chi connectivity index (χ0n) is 16.7. The van der Waals surface area contributed by atoms with Gasteiger partial charge < -0.3 is 9.32 Å². The first-order valence-corrected chi connectivity index (χ1v) is 11.4. The van der Waals surface area contributed by atoms with Crippen LogP contribution < -0.4 is 11.2 Å². The van der Waals surface area contributed by atoms with Crippen molar-refractivity contribution in [1.82, 2.24) is 15.4 Å². The number of nitrogens with zero attached hydrogens (tertiary/aromatic N) is 1. The molecule has 9 heteroatoms. The smallest absolute Gasteiger partial charge is 0.408 e. The van der Waals surface area contributed by atoms with Crippen LogP contribution >= 0.6 is 0 Å². The van der Waals surface area contributed by atoms with Crippen LogP contribution in [0.3, 0.4) is 0 Å². The fourth-order valence-electron chi connectivity index (χ4n) is 4.07. The summed E-state index contributed by atoms with van der Waals surface area (Å²) in [5.74, 6) is -0.788. The quantitative estimate of drug-likeness (QED) is 0.631. The highest BCUT2D eigenvalue weighted by Gasteiger charge is 2.27. The Bertz CT molecular complexity index is 1200. The topological polar surface area (TPSA) is 87.6 Å². The molecular formula is C22H22FN3O4S. The molecular weight excluding hydrogens is 421 g/mol. The summed E-state index contributed by atoms with van der Waals surface area (Å²) < 4.78 is 31.0. The molecule has 1 fully saturated rings. The SMILES string of the molecule is O=c1[nH]c2ccc(C3=CC(CN4CCC(S(=O)c5ccc(F)cc5)CC4)ON3)cc2o1. The lowest BCUT2D eigenvalue weighted by atomic mass is 10.1. The summed E-state index contributed by atoms with van der Waals surface area (Å²) in [5, 5.41) is 0.0816. The Morgan fingerprint density at radius 1 is 1.13 bits per heavy atom. The number of rotatable bonds is 5. The van der Waals surface area contributed by atoms with Gasteiger partial charge in [-0.3, -0.25) is 19.5 Å². The Morgan fingerprint density at radius 3 is 2.68 bits per heavy atom. The van der Waals surface area contributed by atoms with Crippen LogP contribution in [0, 0.1) is 5.82 Å². The second-order valence-corrected chi connectivity index (χ2v) is 9.55. The fraction of sp³-hybridized carbons (Fsp3) is 0.318. The molecule has 2 unspecified atom stereocenters. The molecule has 2 N–H and O–H groups in total. The number of halogens is 1. The van der Waals surface area contributed by atoms with Gasteiger partial charge in [0, 0.05) is 22.3 Å². The van der Waals surface area contributed by atoms with Gasteiger partial charge in [0.05, 0.1) is 22.0 Å². The standard InChI is InChI=1S/C22H22FN3O4S/c23-15-2-4-17(5-3-15)31(28)18-7-9-26(10-8-18)13-16-12-20(25-30-16)14-1-6-19-21(11-14)29-22(27)24-19/h1-6,11-12,16,18,25H,7-10,13H2,(H,24,27). The van der Waals surface area contributed by atoms with Crippen molar-refractivity contribution < 1.29 is 17.9 Å². The molecule has 2 aromatic carbocycles. The van der Waals surface area contributed by atoms with Crippen molar-refractivity contribution in [2.24, 2.45) is 0 Å². The Kier molecular flexibility index (Phi) is 5.47. The lowest BCUT2D eigenvalue weighted by Crippen LogP contribution is -2.41. The number of hydrogen-bond acceptors (Lipinski definition) is 6. The molecule has 2 aliphatic heterocycles. The predicted octanol–water partition coefficient (Wildman–Crippen LogP) is 2.78. The van der Waals surface area contributed by atoms with Crippen LogP contribution in [0.4, 0.5) is 4.39 Å². The van der Waals surface area contributed by atoms with Crippen molar-refractivity contribution in [3.63, 3.8) is 0 Å². The number of H-pyrrole nitrogens is 1. The maximum absolute atomic E-state index is 13.1. The third-order valence-corrected chi connectivity index (χ3v) is 7.54. The number of piperidine rings is 1. The third kappa shape index (κ3) is 4.34. The van der Waals surface area contributed by atoms with Gasteiger partial charge in [-0.1, -0.05) is 6.07 Å². The van der Waals surface area contributed by atoms with Gasteiger partial charge in [-0.2, -0.15) is 0 Å². The van der Waals surface area contributed by atoms with E-state index in [4.69, 9.17) is 9.25 Å². The Hall–Kier alpha value is -2.75. The van der Waals surface area contributed by atoms with E-state index in [0.717, 1.165) is 43.7 Å². The van der Waals surface area contributed by atoms with E-state index in [1.54, 1.807) is 24.3 Å². The predicted molar refractivity (Wildman–Crippen MR) is 115 cm³/mol. The van der Waals surface area contributed by atoms with Crippen LogP contribution in [-0.4, -0.2) is 45.1 Å². The van der Waals surface area contributed by atoms with E-state index in [0.29, 0.717) is 16.0 Å². The lowest BCUT2D eigenvalue weighted by molar-refractivity contribution is 0.0250. The number of fused-ring (bicyclic) bond motifs is 1. The van der Waals surface area contributed by atoms with Crippen LogP contribution in [0.25, 0.3) is 16.8 Å². The zero-order chi connectivity index (χ0) is 21.4. The molecule has 0 spiro atoms. The molecule has 162 valence electrons. The summed E-state index contributed by atoms with van der Waals surface area (Å²) in [6, 6.07) is 11.4. The van der Waals surface area contributed by atoms with Crippen LogP contribution in [-0.2, 0) is 15.6 Å². The minimum absolute atomic E-state index is 0.0816. The van der Waals surface area contributed by atoms with E-state index in [2.05, 4.69) is 15.4 Å².